The van der Waals surface area contributed by atoms with Crippen molar-refractivity contribution in [2.24, 2.45) is 0 Å². The summed E-state index contributed by atoms with van der Waals surface area (Å²) >= 11 is 0. The molecule has 0 aliphatic heterocycles. The van der Waals surface area contributed by atoms with Gasteiger partial charge in [-0.2, -0.15) is 0 Å². The maximum atomic E-state index is 11.3. The molecule has 0 unspecified atom stereocenters. The van der Waals surface area contributed by atoms with Crippen molar-refractivity contribution in [1.82, 2.24) is 0 Å². The Kier molecular flexibility index (Phi) is 14.0. The van der Waals surface area contributed by atoms with Crippen molar-refractivity contribution in [1.29, 1.82) is 0 Å². The molecule has 0 aliphatic carbocycles. The lowest BCUT2D eigenvalue weighted by Crippen LogP contribution is -2.06. The number of carbonyl (C=O) groups is 1. The molecule has 0 aliphatic rings. The Bertz CT molecular complexity index is 249. The van der Waals surface area contributed by atoms with E-state index in [0.29, 0.717) is 18.8 Å². The van der Waals surface area contributed by atoms with Crippen molar-refractivity contribution >= 4 is 5.97 Å². The van der Waals surface area contributed by atoms with Crippen molar-refractivity contribution in [3.8, 4) is 0 Å². The summed E-state index contributed by atoms with van der Waals surface area (Å²) in [6, 6.07) is 0. The van der Waals surface area contributed by atoms with E-state index in [4.69, 9.17) is 9.84 Å². The Hall–Kier alpha value is -0.830. The summed E-state index contributed by atoms with van der Waals surface area (Å²) < 4.78 is 4.90. The van der Waals surface area contributed by atoms with E-state index in [2.05, 4.69) is 6.58 Å². The predicted octanol–water partition coefficient (Wildman–Crippen LogP) is 4.39. The maximum absolute atomic E-state index is 11.3. The molecule has 0 rings (SSSR count). The number of hydrogen-bond acceptors (Lipinski definition) is 3. The molecule has 0 heterocycles. The molecule has 20 heavy (non-hydrogen) atoms. The Morgan fingerprint density at radius 2 is 1.35 bits per heavy atom. The molecular formula is C17H32O3. The van der Waals surface area contributed by atoms with Gasteiger partial charge in [0.05, 0.1) is 6.61 Å². The highest BCUT2D eigenvalue weighted by Gasteiger charge is 2.06. The van der Waals surface area contributed by atoms with Gasteiger partial charge >= 0.3 is 5.97 Å². The molecule has 3 heteroatoms. The van der Waals surface area contributed by atoms with Crippen LogP contribution in [0.15, 0.2) is 12.2 Å². The van der Waals surface area contributed by atoms with Gasteiger partial charge in [0, 0.05) is 12.2 Å². The van der Waals surface area contributed by atoms with Crippen LogP contribution in [0.5, 0.6) is 0 Å². The largest absolute Gasteiger partial charge is 0.463 e. The van der Waals surface area contributed by atoms with Crippen LogP contribution in [0.4, 0.5) is 0 Å². The van der Waals surface area contributed by atoms with Gasteiger partial charge in [-0.15, -0.1) is 0 Å². The highest BCUT2D eigenvalue weighted by molar-refractivity contribution is 5.87. The molecule has 0 aromatic carbocycles. The maximum Gasteiger partial charge on any atom is 0.333 e. The van der Waals surface area contributed by atoms with Crippen LogP contribution in [0, 0.1) is 0 Å². The number of aliphatic hydroxyl groups is 1. The number of aliphatic hydroxyl groups excluding tert-OH is 1. The molecular weight excluding hydrogens is 252 g/mol. The zero-order valence-corrected chi connectivity index (χ0v) is 13.2. The quantitative estimate of drug-likeness (QED) is 0.292. The summed E-state index contributed by atoms with van der Waals surface area (Å²) in [5.41, 5.74) is 0.607. The van der Waals surface area contributed by atoms with Crippen molar-refractivity contribution in [3.05, 3.63) is 12.2 Å². The van der Waals surface area contributed by atoms with Crippen LogP contribution >= 0.6 is 0 Å². The average Bonchev–Trinajstić information content (AvgIpc) is 2.44. The molecule has 0 atom stereocenters. The van der Waals surface area contributed by atoms with Crippen molar-refractivity contribution < 1.29 is 14.6 Å². The van der Waals surface area contributed by atoms with Gasteiger partial charge < -0.3 is 9.84 Å². The van der Waals surface area contributed by atoms with Gasteiger partial charge in [0.2, 0.25) is 0 Å². The van der Waals surface area contributed by atoms with E-state index in [1.165, 1.54) is 44.9 Å². The molecule has 0 saturated heterocycles. The van der Waals surface area contributed by atoms with E-state index >= 15 is 0 Å². The van der Waals surface area contributed by atoms with Crippen LogP contribution < -0.4 is 0 Å². The first-order chi connectivity index (χ1) is 9.72. The fraction of sp³-hybridized carbons (Fsp3) is 0.824. The van der Waals surface area contributed by atoms with E-state index in [-0.39, 0.29) is 5.97 Å². The van der Waals surface area contributed by atoms with E-state index in [9.17, 15) is 4.79 Å². The molecule has 0 saturated carbocycles. The Labute approximate surface area is 124 Å². The summed E-state index contributed by atoms with van der Waals surface area (Å²) in [4.78, 5) is 11.3. The minimum Gasteiger partial charge on any atom is -0.463 e. The summed E-state index contributed by atoms with van der Waals surface area (Å²) in [5.74, 6) is -0.240. The fourth-order valence-corrected chi connectivity index (χ4v) is 2.20. The third-order valence-corrected chi connectivity index (χ3v) is 3.45. The molecule has 0 fully saturated rings. The van der Waals surface area contributed by atoms with Crippen molar-refractivity contribution in [2.75, 3.05) is 13.2 Å². The number of unbranched alkanes of at least 4 members (excludes halogenated alkanes) is 9. The van der Waals surface area contributed by atoms with E-state index in [1.807, 2.05) is 6.92 Å². The number of ether oxygens (including phenoxy) is 1. The lowest BCUT2D eigenvalue weighted by molar-refractivity contribution is -0.138. The first-order valence-corrected chi connectivity index (χ1v) is 8.18. The summed E-state index contributed by atoms with van der Waals surface area (Å²) in [6.07, 6.45) is 12.8. The van der Waals surface area contributed by atoms with E-state index < -0.39 is 0 Å². The highest BCUT2D eigenvalue weighted by Crippen LogP contribution is 2.13. The van der Waals surface area contributed by atoms with Gasteiger partial charge in [0.1, 0.15) is 0 Å². The number of rotatable bonds is 14. The summed E-state index contributed by atoms with van der Waals surface area (Å²) in [7, 11) is 0. The third-order valence-electron chi connectivity index (χ3n) is 3.45. The molecule has 0 aromatic rings. The van der Waals surface area contributed by atoms with Crippen LogP contribution in [-0.2, 0) is 9.53 Å². The number of esters is 1. The minimum absolute atomic E-state index is 0.240. The molecule has 1 N–H and O–H groups in total. The SMILES string of the molecule is C=C(CCCCCCCCCCCCO)C(=O)OCC. The zero-order chi connectivity index (χ0) is 15.1. The Balaban J connectivity index is 3.20. The molecule has 0 radical (unpaired) electrons. The molecule has 3 nitrogen and oxygen atoms in total. The molecule has 0 amide bonds. The second kappa shape index (κ2) is 14.6. The van der Waals surface area contributed by atoms with Gasteiger partial charge in [-0.25, -0.2) is 4.79 Å². The fourth-order valence-electron chi connectivity index (χ4n) is 2.20. The van der Waals surface area contributed by atoms with Gasteiger partial charge in [-0.1, -0.05) is 57.9 Å². The lowest BCUT2D eigenvalue weighted by Gasteiger charge is -2.05. The van der Waals surface area contributed by atoms with Crippen LogP contribution in [0.2, 0.25) is 0 Å². The predicted molar refractivity (Wildman–Crippen MR) is 83.6 cm³/mol. The van der Waals surface area contributed by atoms with E-state index in [0.717, 1.165) is 25.7 Å². The van der Waals surface area contributed by atoms with Gasteiger partial charge in [0.25, 0.3) is 0 Å². The summed E-state index contributed by atoms with van der Waals surface area (Å²) in [6.45, 7) is 6.34. The first-order valence-electron chi connectivity index (χ1n) is 8.18. The van der Waals surface area contributed by atoms with Crippen molar-refractivity contribution in [2.45, 2.75) is 77.6 Å². The Morgan fingerprint density at radius 3 is 1.80 bits per heavy atom. The normalized spacial score (nSPS) is 10.5. The monoisotopic (exact) mass is 284 g/mol. The molecule has 0 aromatic heterocycles. The van der Waals surface area contributed by atoms with Gasteiger partial charge in [0.15, 0.2) is 0 Å². The van der Waals surface area contributed by atoms with Crippen LogP contribution in [0.1, 0.15) is 77.6 Å². The van der Waals surface area contributed by atoms with Gasteiger partial charge in [-0.05, 0) is 26.2 Å². The van der Waals surface area contributed by atoms with Crippen molar-refractivity contribution in [3.63, 3.8) is 0 Å². The highest BCUT2D eigenvalue weighted by atomic mass is 16.5. The average molecular weight is 284 g/mol. The number of hydrogen-bond donors (Lipinski definition) is 1. The second-order valence-electron chi connectivity index (χ2n) is 5.33. The van der Waals surface area contributed by atoms with Crippen LogP contribution in [0.3, 0.4) is 0 Å². The van der Waals surface area contributed by atoms with Crippen LogP contribution in [-0.4, -0.2) is 24.3 Å². The summed E-state index contributed by atoms with van der Waals surface area (Å²) in [5, 5.41) is 8.66. The number of carbonyl (C=O) groups excluding carboxylic acids is 1. The molecule has 0 bridgehead atoms. The zero-order valence-electron chi connectivity index (χ0n) is 13.2. The standard InChI is InChI=1S/C17H32O3/c1-3-20-17(19)16(2)14-12-10-8-6-4-5-7-9-11-13-15-18/h18H,2-15H2,1H3. The van der Waals surface area contributed by atoms with Crippen LogP contribution in [0.25, 0.3) is 0 Å². The lowest BCUT2D eigenvalue weighted by atomic mass is 10.0. The molecule has 0 spiro atoms. The Morgan fingerprint density at radius 1 is 0.900 bits per heavy atom. The minimum atomic E-state index is -0.240. The molecule has 118 valence electrons. The van der Waals surface area contributed by atoms with Gasteiger partial charge in [-0.3, -0.25) is 0 Å². The first kappa shape index (κ1) is 19.2. The topological polar surface area (TPSA) is 46.5 Å². The second-order valence-corrected chi connectivity index (χ2v) is 5.33. The smallest absolute Gasteiger partial charge is 0.333 e. The third kappa shape index (κ3) is 12.2. The van der Waals surface area contributed by atoms with E-state index in [1.54, 1.807) is 0 Å².